The van der Waals surface area contributed by atoms with Crippen LogP contribution in [0.2, 0.25) is 1.41 Å². The number of hydrogen-bond acceptors (Lipinski definition) is 2. The van der Waals surface area contributed by atoms with Gasteiger partial charge in [-0.3, -0.25) is 4.79 Å². The van der Waals surface area contributed by atoms with E-state index in [-0.39, 0.29) is 5.69 Å². The molecule has 0 aromatic carbocycles. The van der Waals surface area contributed by atoms with E-state index >= 15 is 0 Å². The quantitative estimate of drug-likeness (QED) is 0.612. The molecule has 0 saturated carbocycles. The second-order valence-electron chi connectivity index (χ2n) is 1.99. The first kappa shape index (κ1) is 5.41. The van der Waals surface area contributed by atoms with Crippen LogP contribution in [0.15, 0.2) is 18.2 Å². The number of pyridine rings is 1. The van der Waals surface area contributed by atoms with Crippen LogP contribution < -0.4 is 5.73 Å². The molecule has 0 spiro atoms. The SMILES string of the molecule is [2H]NC(=O)c1cccc(C)n1. The molecule has 0 bridgehead atoms. The third-order valence-electron chi connectivity index (χ3n) is 1.12. The molecular weight excluding hydrogens is 128 g/mol. The maximum absolute atomic E-state index is 10.8. The largest absolute Gasteiger partial charge is 0.364 e. The topological polar surface area (TPSA) is 56.0 Å². The number of hydrogen-bond donors (Lipinski definition) is 1. The fourth-order valence-electron chi connectivity index (χ4n) is 0.670. The average molecular weight is 137 g/mol. The molecule has 0 fully saturated rings. The van der Waals surface area contributed by atoms with Crippen LogP contribution >= 0.6 is 0 Å². The van der Waals surface area contributed by atoms with Gasteiger partial charge in [-0.05, 0) is 19.1 Å². The number of aromatic nitrogens is 1. The van der Waals surface area contributed by atoms with Crippen LogP contribution in [-0.4, -0.2) is 10.9 Å². The van der Waals surface area contributed by atoms with Gasteiger partial charge < -0.3 is 5.73 Å². The van der Waals surface area contributed by atoms with Gasteiger partial charge in [0.15, 0.2) is 1.41 Å². The molecule has 1 aromatic heterocycles. The summed E-state index contributed by atoms with van der Waals surface area (Å²) in [5, 5.41) is 0. The number of amides is 1. The van der Waals surface area contributed by atoms with Crippen molar-refractivity contribution in [2.75, 3.05) is 0 Å². The van der Waals surface area contributed by atoms with Crippen molar-refractivity contribution in [2.45, 2.75) is 6.92 Å². The van der Waals surface area contributed by atoms with Crippen LogP contribution in [-0.2, 0) is 0 Å². The number of nitrogens with two attached hydrogens (primary N) is 1. The zero-order chi connectivity index (χ0) is 8.27. The normalized spacial score (nSPS) is 10.3. The highest BCUT2D eigenvalue weighted by Gasteiger charge is 1.98. The molecule has 1 aromatic rings. The van der Waals surface area contributed by atoms with E-state index in [2.05, 4.69) is 4.98 Å². The lowest BCUT2D eigenvalue weighted by Gasteiger charge is -1.93. The van der Waals surface area contributed by atoms with Gasteiger partial charge in [0.05, 0.1) is 0 Å². The van der Waals surface area contributed by atoms with Crippen molar-refractivity contribution in [2.24, 2.45) is 5.73 Å². The number of primary amides is 1. The predicted molar refractivity (Wildman–Crippen MR) is 37.5 cm³/mol. The zero-order valence-electron chi connectivity index (χ0n) is 6.59. The molecule has 0 aliphatic carbocycles. The molecule has 3 nitrogen and oxygen atoms in total. The molecule has 0 aliphatic rings. The first-order valence-corrected chi connectivity index (χ1v) is 2.90. The van der Waals surface area contributed by atoms with Gasteiger partial charge >= 0.3 is 0 Å². The Morgan fingerprint density at radius 2 is 2.60 bits per heavy atom. The van der Waals surface area contributed by atoms with E-state index in [1.54, 1.807) is 30.8 Å². The first-order chi connectivity index (χ1) is 5.24. The number of aryl methyl sites for hydroxylation is 1. The molecule has 0 aliphatic heterocycles. The lowest BCUT2D eigenvalue weighted by Crippen LogP contribution is -2.12. The molecule has 1 rings (SSSR count). The van der Waals surface area contributed by atoms with E-state index in [1.165, 1.54) is 0 Å². The molecule has 0 unspecified atom stereocenters. The first-order valence-electron chi connectivity index (χ1n) is 3.40. The van der Waals surface area contributed by atoms with Crippen LogP contribution in [0.25, 0.3) is 0 Å². The molecule has 0 saturated heterocycles. The van der Waals surface area contributed by atoms with Gasteiger partial charge in [0.1, 0.15) is 5.69 Å². The number of nitrogens with zero attached hydrogens (tertiary/aromatic N) is 1. The van der Waals surface area contributed by atoms with Crippen LogP contribution in [0.4, 0.5) is 0 Å². The summed E-state index contributed by atoms with van der Waals surface area (Å²) < 4.78 is 6.58. The molecule has 0 radical (unpaired) electrons. The van der Waals surface area contributed by atoms with E-state index in [1.807, 2.05) is 0 Å². The van der Waals surface area contributed by atoms with Crippen molar-refractivity contribution in [3.05, 3.63) is 29.6 Å². The molecular formula is C7H8N2O. The van der Waals surface area contributed by atoms with E-state index in [0.29, 0.717) is 0 Å². The Kier molecular flexibility index (Phi) is 1.34. The second-order valence-corrected chi connectivity index (χ2v) is 1.99. The summed E-state index contributed by atoms with van der Waals surface area (Å²) in [5.74, 6) is -0.478. The van der Waals surface area contributed by atoms with Crippen molar-refractivity contribution in [1.29, 1.82) is 0 Å². The highest BCUT2D eigenvalue weighted by Crippen LogP contribution is 1.95. The van der Waals surface area contributed by atoms with Gasteiger partial charge in [0.2, 0.25) is 0 Å². The molecule has 1 heterocycles. The van der Waals surface area contributed by atoms with E-state index in [0.717, 1.165) is 5.69 Å². The van der Waals surface area contributed by atoms with E-state index in [4.69, 9.17) is 1.41 Å². The fraction of sp³-hybridized carbons (Fsp3) is 0.143. The second kappa shape index (κ2) is 2.47. The van der Waals surface area contributed by atoms with Gasteiger partial charge in [-0.2, -0.15) is 0 Å². The third kappa shape index (κ3) is 1.31. The van der Waals surface area contributed by atoms with Crippen molar-refractivity contribution in [1.82, 2.24) is 4.98 Å². The molecule has 3 heteroatoms. The molecule has 0 atom stereocenters. The van der Waals surface area contributed by atoms with E-state index in [9.17, 15) is 4.79 Å². The summed E-state index contributed by atoms with van der Waals surface area (Å²) in [6, 6.07) is 5.09. The van der Waals surface area contributed by atoms with Crippen molar-refractivity contribution < 1.29 is 6.21 Å². The maximum Gasteiger partial charge on any atom is 0.267 e. The van der Waals surface area contributed by atoms with Crippen LogP contribution in [0.5, 0.6) is 0 Å². The van der Waals surface area contributed by atoms with Gasteiger partial charge in [-0.25, -0.2) is 4.98 Å². The number of rotatable bonds is 1. The van der Waals surface area contributed by atoms with Gasteiger partial charge in [0, 0.05) is 5.69 Å². The Morgan fingerprint density at radius 1 is 1.80 bits per heavy atom. The minimum atomic E-state index is -0.478. The molecule has 2 N–H and O–H groups in total. The zero-order valence-corrected chi connectivity index (χ0v) is 5.59. The van der Waals surface area contributed by atoms with Gasteiger partial charge in [0.25, 0.3) is 5.91 Å². The predicted octanol–water partition coefficient (Wildman–Crippen LogP) is 0.489. The van der Waals surface area contributed by atoms with Crippen molar-refractivity contribution in [3.8, 4) is 0 Å². The standard InChI is InChI=1S/C7H8N2O/c1-5-3-2-4-6(9-5)7(8)10/h2-4H,1H3,(H2,8,10)/i/hD. The van der Waals surface area contributed by atoms with Crippen molar-refractivity contribution >= 4 is 5.91 Å². The molecule has 1 amide bonds. The minimum Gasteiger partial charge on any atom is -0.364 e. The summed E-state index contributed by atoms with van der Waals surface area (Å²) in [4.78, 5) is 14.7. The summed E-state index contributed by atoms with van der Waals surface area (Å²) >= 11 is 0. The molecule has 52 valence electrons. The Balaban J connectivity index is 2.96. The third-order valence-corrected chi connectivity index (χ3v) is 1.12. The van der Waals surface area contributed by atoms with Gasteiger partial charge in [-0.15, -0.1) is 0 Å². The highest BCUT2D eigenvalue weighted by molar-refractivity contribution is 5.90. The average Bonchev–Trinajstić information content (AvgIpc) is 2.03. The summed E-state index contributed by atoms with van der Waals surface area (Å²) in [6.45, 7) is 1.79. The van der Waals surface area contributed by atoms with Crippen LogP contribution in [0, 0.1) is 6.92 Å². The van der Waals surface area contributed by atoms with Gasteiger partial charge in [-0.1, -0.05) is 6.07 Å². The number of carbonyl (C=O) groups excluding carboxylic acids is 1. The lowest BCUT2D eigenvalue weighted by molar-refractivity contribution is 0.0995. The Bertz CT molecular complexity index is 275. The highest BCUT2D eigenvalue weighted by atomic mass is 16.1. The summed E-state index contributed by atoms with van der Waals surface area (Å²) in [6.07, 6.45) is 0. The lowest BCUT2D eigenvalue weighted by atomic mass is 10.3. The van der Waals surface area contributed by atoms with Crippen LogP contribution in [0.3, 0.4) is 0 Å². The number of carbonyl (C=O) groups is 1. The van der Waals surface area contributed by atoms with Crippen molar-refractivity contribution in [3.63, 3.8) is 0 Å². The Morgan fingerprint density at radius 3 is 3.20 bits per heavy atom. The van der Waals surface area contributed by atoms with E-state index < -0.39 is 5.91 Å². The molecule has 10 heavy (non-hydrogen) atoms. The monoisotopic (exact) mass is 137 g/mol. The summed E-state index contributed by atoms with van der Waals surface area (Å²) in [5.41, 5.74) is 2.80. The summed E-state index contributed by atoms with van der Waals surface area (Å²) in [7, 11) is 0. The maximum atomic E-state index is 10.8. The fourth-order valence-corrected chi connectivity index (χ4v) is 0.670. The Labute approximate surface area is 60.3 Å². The Hall–Kier alpha value is -1.38. The smallest absolute Gasteiger partial charge is 0.267 e. The van der Waals surface area contributed by atoms with Crippen LogP contribution in [0.1, 0.15) is 16.2 Å². The minimum absolute atomic E-state index is 0.278.